The number of hydrogen-bond acceptors (Lipinski definition) is 7. The molecule has 0 radical (unpaired) electrons. The fourth-order valence-corrected chi connectivity index (χ4v) is 6.08. The van der Waals surface area contributed by atoms with E-state index in [0.29, 0.717) is 30.5 Å². The fourth-order valence-electron chi connectivity index (χ4n) is 5.17. The van der Waals surface area contributed by atoms with E-state index in [1.165, 1.54) is 11.8 Å². The molecule has 0 bridgehead atoms. The second kappa shape index (κ2) is 10.9. The third kappa shape index (κ3) is 5.02. The van der Waals surface area contributed by atoms with Gasteiger partial charge in [-0.05, 0) is 29.8 Å². The van der Waals surface area contributed by atoms with Crippen LogP contribution < -0.4 is 9.64 Å². The Hall–Kier alpha value is -4.11. The topological polar surface area (TPSA) is 77.8 Å². The van der Waals surface area contributed by atoms with Gasteiger partial charge in [-0.15, -0.1) is 0 Å². The maximum Gasteiger partial charge on any atom is 0.259 e. The van der Waals surface area contributed by atoms with Crippen LogP contribution >= 0.6 is 11.8 Å². The van der Waals surface area contributed by atoms with Gasteiger partial charge >= 0.3 is 0 Å². The van der Waals surface area contributed by atoms with Crippen LogP contribution in [-0.4, -0.2) is 77.7 Å². The third-order valence-corrected chi connectivity index (χ3v) is 8.13. The number of aliphatic imine (C=N–C) groups is 2. The van der Waals surface area contributed by atoms with Crippen LogP contribution in [0, 0.1) is 0 Å². The first-order chi connectivity index (χ1) is 19.1. The quantitative estimate of drug-likeness (QED) is 0.474. The number of piperazine rings is 1. The van der Waals surface area contributed by atoms with Gasteiger partial charge in [0.1, 0.15) is 17.6 Å². The van der Waals surface area contributed by atoms with Crippen LogP contribution in [0.4, 0.5) is 11.4 Å². The van der Waals surface area contributed by atoms with Crippen LogP contribution in [-0.2, 0) is 16.0 Å². The molecule has 0 N–H and O–H groups in total. The predicted octanol–water partition coefficient (Wildman–Crippen LogP) is 3.98. The summed E-state index contributed by atoms with van der Waals surface area (Å²) in [6.45, 7) is 2.71. The van der Waals surface area contributed by atoms with Gasteiger partial charge in [-0.25, -0.2) is 9.89 Å². The highest BCUT2D eigenvalue weighted by molar-refractivity contribution is 8.14. The molecule has 8 nitrogen and oxygen atoms in total. The fraction of sp³-hybridized carbons (Fsp3) is 0.267. The normalized spacial score (nSPS) is 18.3. The Morgan fingerprint density at radius 1 is 0.949 bits per heavy atom. The van der Waals surface area contributed by atoms with Crippen LogP contribution in [0.15, 0.2) is 88.8 Å². The Morgan fingerprint density at radius 3 is 2.46 bits per heavy atom. The molecule has 39 heavy (non-hydrogen) atoms. The molecule has 1 fully saturated rings. The van der Waals surface area contributed by atoms with Crippen molar-refractivity contribution in [3.05, 3.63) is 90.0 Å². The standard InChI is InChI=1S/C30H29N5O3S/c1-38-26-14-8-7-13-25(26)33-15-17-34(18-16-33)27(36)20-39-30-32-23-12-6-5-11-22(23)28-31-24(29(37)35(28)30)19-21-9-3-2-4-10-21/h2-14,24H,15-20H2,1H3. The molecule has 0 spiro atoms. The van der Waals surface area contributed by atoms with Crippen molar-refractivity contribution in [1.29, 1.82) is 0 Å². The van der Waals surface area contributed by atoms with Crippen molar-refractivity contribution in [2.24, 2.45) is 9.98 Å². The summed E-state index contributed by atoms with van der Waals surface area (Å²) < 4.78 is 5.51. The van der Waals surface area contributed by atoms with Crippen LogP contribution in [0.3, 0.4) is 0 Å². The van der Waals surface area contributed by atoms with E-state index in [1.807, 2.05) is 83.8 Å². The zero-order valence-electron chi connectivity index (χ0n) is 21.7. The summed E-state index contributed by atoms with van der Waals surface area (Å²) in [7, 11) is 1.67. The average molecular weight is 540 g/mol. The van der Waals surface area contributed by atoms with Crippen LogP contribution in [0.2, 0.25) is 0 Å². The number of rotatable bonds is 6. The molecule has 2 amide bonds. The summed E-state index contributed by atoms with van der Waals surface area (Å²) in [5.74, 6) is 1.59. The number of nitrogens with zero attached hydrogens (tertiary/aromatic N) is 5. The lowest BCUT2D eigenvalue weighted by Crippen LogP contribution is -2.49. The Bertz CT molecular complexity index is 1450. The lowest BCUT2D eigenvalue weighted by Gasteiger charge is -2.36. The summed E-state index contributed by atoms with van der Waals surface area (Å²) in [6, 6.07) is 25.1. The summed E-state index contributed by atoms with van der Waals surface area (Å²) >= 11 is 1.30. The number of methoxy groups -OCH3 is 1. The van der Waals surface area contributed by atoms with E-state index in [0.717, 1.165) is 41.3 Å². The van der Waals surface area contributed by atoms with Crippen molar-refractivity contribution in [3.63, 3.8) is 0 Å². The van der Waals surface area contributed by atoms with Gasteiger partial charge in [0, 0.05) is 38.2 Å². The molecule has 3 aliphatic heterocycles. The second-order valence-corrected chi connectivity index (χ2v) is 10.5. The van der Waals surface area contributed by atoms with E-state index in [1.54, 1.807) is 12.0 Å². The van der Waals surface area contributed by atoms with Gasteiger partial charge < -0.3 is 14.5 Å². The van der Waals surface area contributed by atoms with Gasteiger partial charge in [0.05, 0.1) is 24.2 Å². The maximum absolute atomic E-state index is 13.5. The van der Waals surface area contributed by atoms with Gasteiger partial charge in [-0.2, -0.15) is 0 Å². The van der Waals surface area contributed by atoms with Crippen molar-refractivity contribution < 1.29 is 14.3 Å². The molecule has 3 aliphatic rings. The number of carbonyl (C=O) groups is 2. The van der Waals surface area contributed by atoms with E-state index in [4.69, 9.17) is 14.7 Å². The van der Waals surface area contributed by atoms with Gasteiger partial charge in [0.25, 0.3) is 5.91 Å². The Labute approximate surface area is 232 Å². The number of thioether (sulfide) groups is 1. The summed E-state index contributed by atoms with van der Waals surface area (Å²) in [5, 5.41) is 0.508. The first-order valence-corrected chi connectivity index (χ1v) is 14.0. The highest BCUT2D eigenvalue weighted by Crippen LogP contribution is 2.34. The Morgan fingerprint density at radius 2 is 1.67 bits per heavy atom. The zero-order chi connectivity index (χ0) is 26.8. The van der Waals surface area contributed by atoms with Crippen LogP contribution in [0.5, 0.6) is 5.75 Å². The molecule has 1 unspecified atom stereocenters. The lowest BCUT2D eigenvalue weighted by molar-refractivity contribution is -0.128. The molecule has 198 valence electrons. The number of ether oxygens (including phenoxy) is 1. The first-order valence-electron chi connectivity index (χ1n) is 13.0. The number of fused-ring (bicyclic) bond motifs is 3. The molecular formula is C30H29N5O3S. The number of amides is 2. The Kier molecular flexibility index (Phi) is 7.06. The molecule has 1 saturated heterocycles. The number of carbonyl (C=O) groups excluding carboxylic acids is 2. The summed E-state index contributed by atoms with van der Waals surface area (Å²) in [6.07, 6.45) is 0.523. The van der Waals surface area contributed by atoms with E-state index in [9.17, 15) is 9.59 Å². The maximum atomic E-state index is 13.5. The van der Waals surface area contributed by atoms with Crippen molar-refractivity contribution in [2.75, 3.05) is 43.9 Å². The molecule has 9 heteroatoms. The molecule has 3 aromatic rings. The van der Waals surface area contributed by atoms with E-state index in [2.05, 4.69) is 4.90 Å². The minimum absolute atomic E-state index is 0.0344. The van der Waals surface area contributed by atoms with Gasteiger partial charge in [0.15, 0.2) is 5.17 Å². The number of amidine groups is 2. The minimum Gasteiger partial charge on any atom is -0.495 e. The van der Waals surface area contributed by atoms with Gasteiger partial charge in [-0.1, -0.05) is 66.4 Å². The first kappa shape index (κ1) is 25.2. The SMILES string of the molecule is COc1ccccc1N1CCN(C(=O)CSC2=Nc3ccccc3C3=NC(Cc4ccccc4)C(=O)N23)CC1. The van der Waals surface area contributed by atoms with E-state index >= 15 is 0 Å². The van der Waals surface area contributed by atoms with Crippen molar-refractivity contribution >= 4 is 46.0 Å². The summed E-state index contributed by atoms with van der Waals surface area (Å²) in [4.78, 5) is 42.1. The van der Waals surface area contributed by atoms with Crippen LogP contribution in [0.1, 0.15) is 11.1 Å². The number of benzene rings is 3. The van der Waals surface area contributed by atoms with Crippen molar-refractivity contribution in [1.82, 2.24) is 9.80 Å². The molecule has 3 heterocycles. The Balaban J connectivity index is 1.14. The largest absolute Gasteiger partial charge is 0.495 e. The van der Waals surface area contributed by atoms with Crippen molar-refractivity contribution in [2.45, 2.75) is 12.5 Å². The zero-order valence-corrected chi connectivity index (χ0v) is 22.5. The highest BCUT2D eigenvalue weighted by atomic mass is 32.2. The number of hydrogen-bond donors (Lipinski definition) is 0. The van der Waals surface area contributed by atoms with Gasteiger partial charge in [0.2, 0.25) is 5.91 Å². The van der Waals surface area contributed by atoms with Crippen molar-refractivity contribution in [3.8, 4) is 5.75 Å². The van der Waals surface area contributed by atoms with Crippen LogP contribution in [0.25, 0.3) is 0 Å². The molecule has 3 aromatic carbocycles. The summed E-state index contributed by atoms with van der Waals surface area (Å²) in [5.41, 5.74) is 3.70. The van der Waals surface area contributed by atoms with Gasteiger partial charge in [-0.3, -0.25) is 14.6 Å². The second-order valence-electron chi connectivity index (χ2n) is 9.57. The number of anilines is 1. The average Bonchev–Trinajstić information content (AvgIpc) is 3.32. The highest BCUT2D eigenvalue weighted by Gasteiger charge is 2.41. The number of para-hydroxylation sites is 3. The molecule has 6 rings (SSSR count). The minimum atomic E-state index is -0.516. The lowest BCUT2D eigenvalue weighted by atomic mass is 10.1. The third-order valence-electron chi connectivity index (χ3n) is 7.20. The molecular weight excluding hydrogens is 510 g/mol. The molecule has 0 aromatic heterocycles. The molecule has 0 aliphatic carbocycles. The molecule has 0 saturated carbocycles. The predicted molar refractivity (Wildman–Crippen MR) is 155 cm³/mol. The van der Waals surface area contributed by atoms with E-state index in [-0.39, 0.29) is 17.6 Å². The molecule has 1 atom stereocenters. The monoisotopic (exact) mass is 539 g/mol. The smallest absolute Gasteiger partial charge is 0.259 e. The van der Waals surface area contributed by atoms with E-state index < -0.39 is 6.04 Å².